The quantitative estimate of drug-likeness (QED) is 0.0222. The number of hydrogen-bond acceptors (Lipinski definition) is 15. The molecule has 0 aromatic carbocycles. The van der Waals surface area contributed by atoms with Crippen molar-refractivity contribution in [1.29, 1.82) is 0 Å². The van der Waals surface area contributed by atoms with Crippen molar-refractivity contribution in [2.24, 2.45) is 5.92 Å². The minimum Gasteiger partial charge on any atom is -0.462 e. The van der Waals surface area contributed by atoms with Gasteiger partial charge in [0.15, 0.2) is 12.2 Å². The molecule has 3 N–H and O–H groups in total. The van der Waals surface area contributed by atoms with Gasteiger partial charge < -0.3 is 33.8 Å². The van der Waals surface area contributed by atoms with Crippen LogP contribution in [0, 0.1) is 5.92 Å². The largest absolute Gasteiger partial charge is 0.472 e. The van der Waals surface area contributed by atoms with E-state index in [2.05, 4.69) is 34.6 Å². The maximum Gasteiger partial charge on any atom is 0.472 e. The Kier molecular flexibility index (Phi) is 64.9. The van der Waals surface area contributed by atoms with Crippen molar-refractivity contribution in [2.45, 2.75) is 400 Å². The molecule has 0 saturated carbocycles. The number of esters is 4. The SMILES string of the molecule is CCCCCCCCCCCCCCCCCC(=O)OC[C@H](COP(=O)(O)OC[C@@H](O)COP(=O)(O)OC[C@@H](COC(=O)CCCCCCCCCCC)OC(=O)CCCCCCCCCCC)OC(=O)CCCCCCCCCCCCCCCCCCC(C)C. The Morgan fingerprint density at radius 3 is 0.739 bits per heavy atom. The lowest BCUT2D eigenvalue weighted by Gasteiger charge is -2.21. The third-order valence-electron chi connectivity index (χ3n) is 17.0. The number of carbonyl (C=O) groups excluding carboxylic acids is 4. The Bertz CT molecular complexity index is 1770. The number of unbranched alkanes of at least 4 members (excludes halogenated alkanes) is 45. The van der Waals surface area contributed by atoms with E-state index < -0.39 is 97.5 Å². The first-order valence-corrected chi connectivity index (χ1v) is 41.1. The number of hydrogen-bond donors (Lipinski definition) is 3. The van der Waals surface area contributed by atoms with E-state index in [1.165, 1.54) is 205 Å². The maximum atomic E-state index is 13.1. The first kappa shape index (κ1) is 90.1. The van der Waals surface area contributed by atoms with Gasteiger partial charge in [0.05, 0.1) is 26.4 Å². The fourth-order valence-electron chi connectivity index (χ4n) is 11.2. The average molecular weight is 1350 g/mol. The summed E-state index contributed by atoms with van der Waals surface area (Å²) in [6.45, 7) is 7.27. The number of phosphoric acid groups is 2. The highest BCUT2D eigenvalue weighted by molar-refractivity contribution is 7.47. The lowest BCUT2D eigenvalue weighted by atomic mass is 10.0. The van der Waals surface area contributed by atoms with Crippen LogP contribution >= 0.6 is 15.6 Å². The van der Waals surface area contributed by atoms with Crippen LogP contribution in [0.4, 0.5) is 0 Å². The normalized spacial score (nSPS) is 14.0. The smallest absolute Gasteiger partial charge is 0.462 e. The highest BCUT2D eigenvalue weighted by atomic mass is 31.2. The van der Waals surface area contributed by atoms with Crippen LogP contribution in [0.2, 0.25) is 0 Å². The van der Waals surface area contributed by atoms with Gasteiger partial charge in [-0.05, 0) is 31.6 Å². The van der Waals surface area contributed by atoms with Gasteiger partial charge in [0, 0.05) is 25.7 Å². The summed E-state index contributed by atoms with van der Waals surface area (Å²) < 4.78 is 68.3. The van der Waals surface area contributed by atoms with E-state index in [1.807, 2.05) is 0 Å². The standard InChI is InChI=1S/C73H142O17P2/c1-6-9-12-15-18-21-22-23-26-30-33-38-42-47-52-57-71(76)84-63-69(90-73(78)59-54-49-44-39-34-31-28-25-24-27-29-32-37-40-45-50-55-66(4)5)65-88-92(81,82)86-61-67(74)60-85-91(79,80)87-64-68(89-72(77)58-53-48-43-36-20-17-14-11-8-3)62-83-70(75)56-51-46-41-35-19-16-13-10-7-2/h66-69,74H,6-65H2,1-5H3,(H,79,80)(H,81,82)/t67-,68+,69+/m0/s1. The lowest BCUT2D eigenvalue weighted by molar-refractivity contribution is -0.161. The van der Waals surface area contributed by atoms with E-state index in [4.69, 9.17) is 37.0 Å². The monoisotopic (exact) mass is 1350 g/mol. The Morgan fingerprint density at radius 2 is 0.500 bits per heavy atom. The first-order valence-electron chi connectivity index (χ1n) is 38.1. The molecule has 0 amide bonds. The Balaban J connectivity index is 5.19. The van der Waals surface area contributed by atoms with E-state index in [-0.39, 0.29) is 25.7 Å². The number of ether oxygens (including phenoxy) is 4. The zero-order valence-corrected chi connectivity index (χ0v) is 61.5. The van der Waals surface area contributed by atoms with Crippen LogP contribution in [0.15, 0.2) is 0 Å². The Hall–Kier alpha value is -1.94. The van der Waals surface area contributed by atoms with E-state index in [0.717, 1.165) is 95.8 Å². The molecule has 17 nitrogen and oxygen atoms in total. The van der Waals surface area contributed by atoms with Gasteiger partial charge in [0.2, 0.25) is 0 Å². The number of aliphatic hydroxyl groups excluding tert-OH is 1. The fourth-order valence-corrected chi connectivity index (χ4v) is 12.8. The van der Waals surface area contributed by atoms with Crippen LogP contribution in [0.5, 0.6) is 0 Å². The van der Waals surface area contributed by atoms with Gasteiger partial charge in [0.25, 0.3) is 0 Å². The molecule has 0 bridgehead atoms. The lowest BCUT2D eigenvalue weighted by Crippen LogP contribution is -2.30. The molecule has 0 spiro atoms. The highest BCUT2D eigenvalue weighted by Crippen LogP contribution is 2.45. The van der Waals surface area contributed by atoms with E-state index in [9.17, 15) is 43.2 Å². The summed E-state index contributed by atoms with van der Waals surface area (Å²) in [5, 5.41) is 10.6. The molecule has 0 aliphatic heterocycles. The van der Waals surface area contributed by atoms with Crippen molar-refractivity contribution in [2.75, 3.05) is 39.6 Å². The van der Waals surface area contributed by atoms with Crippen LogP contribution in [-0.2, 0) is 65.4 Å². The van der Waals surface area contributed by atoms with E-state index >= 15 is 0 Å². The molecule has 92 heavy (non-hydrogen) atoms. The van der Waals surface area contributed by atoms with Crippen molar-refractivity contribution >= 4 is 39.5 Å². The van der Waals surface area contributed by atoms with Crippen LogP contribution in [0.25, 0.3) is 0 Å². The second-order valence-corrected chi connectivity index (χ2v) is 29.7. The molecular weight excluding hydrogens is 1210 g/mol. The Morgan fingerprint density at radius 1 is 0.293 bits per heavy atom. The molecule has 0 aromatic heterocycles. The van der Waals surface area contributed by atoms with Gasteiger partial charge in [-0.2, -0.15) is 0 Å². The molecule has 0 saturated heterocycles. The van der Waals surface area contributed by atoms with Gasteiger partial charge in [0.1, 0.15) is 19.3 Å². The second-order valence-electron chi connectivity index (χ2n) is 26.8. The van der Waals surface area contributed by atoms with Crippen molar-refractivity contribution in [3.05, 3.63) is 0 Å². The minimum absolute atomic E-state index is 0.106. The van der Waals surface area contributed by atoms with Crippen LogP contribution in [-0.4, -0.2) is 96.7 Å². The minimum atomic E-state index is -4.95. The summed E-state index contributed by atoms with van der Waals surface area (Å²) in [4.78, 5) is 72.5. The summed E-state index contributed by atoms with van der Waals surface area (Å²) in [5.41, 5.74) is 0. The summed E-state index contributed by atoms with van der Waals surface area (Å²) >= 11 is 0. The van der Waals surface area contributed by atoms with Gasteiger partial charge in [-0.3, -0.25) is 37.3 Å². The molecule has 0 aromatic rings. The molecule has 2 unspecified atom stereocenters. The van der Waals surface area contributed by atoms with Crippen molar-refractivity contribution in [3.63, 3.8) is 0 Å². The molecule has 0 heterocycles. The van der Waals surface area contributed by atoms with Crippen LogP contribution in [0.3, 0.4) is 0 Å². The summed E-state index contributed by atoms with van der Waals surface area (Å²) in [7, 11) is -9.90. The van der Waals surface area contributed by atoms with Gasteiger partial charge in [-0.1, -0.05) is 330 Å². The molecule has 0 radical (unpaired) electrons. The third-order valence-corrected chi connectivity index (χ3v) is 18.9. The number of rotatable bonds is 73. The molecule has 19 heteroatoms. The second kappa shape index (κ2) is 66.3. The zero-order valence-electron chi connectivity index (χ0n) is 59.7. The molecular formula is C73H142O17P2. The maximum absolute atomic E-state index is 13.1. The van der Waals surface area contributed by atoms with Crippen molar-refractivity contribution in [3.8, 4) is 0 Å². The van der Waals surface area contributed by atoms with E-state index in [0.29, 0.717) is 25.7 Å². The molecule has 546 valence electrons. The predicted octanol–water partition coefficient (Wildman–Crippen LogP) is 21.3. The van der Waals surface area contributed by atoms with Crippen molar-refractivity contribution in [1.82, 2.24) is 0 Å². The summed E-state index contributed by atoms with van der Waals surface area (Å²) in [6, 6.07) is 0. The third kappa shape index (κ3) is 66.7. The van der Waals surface area contributed by atoms with E-state index in [1.54, 1.807) is 0 Å². The summed E-state index contributed by atoms with van der Waals surface area (Å²) in [6.07, 6.45) is 54.1. The van der Waals surface area contributed by atoms with Crippen LogP contribution < -0.4 is 0 Å². The average Bonchev–Trinajstić information content (AvgIpc) is 1.94. The van der Waals surface area contributed by atoms with Gasteiger partial charge >= 0.3 is 39.5 Å². The number of carbonyl (C=O) groups is 4. The number of phosphoric ester groups is 2. The van der Waals surface area contributed by atoms with Crippen LogP contribution in [0.1, 0.15) is 381 Å². The molecule has 0 rings (SSSR count). The first-order chi connectivity index (χ1) is 44.5. The Labute approximate surface area is 562 Å². The summed E-state index contributed by atoms with van der Waals surface area (Å²) in [5.74, 6) is -1.31. The molecule has 0 aliphatic carbocycles. The topological polar surface area (TPSA) is 237 Å². The number of aliphatic hydroxyl groups is 1. The highest BCUT2D eigenvalue weighted by Gasteiger charge is 2.30. The fraction of sp³-hybridized carbons (Fsp3) is 0.945. The van der Waals surface area contributed by atoms with Crippen molar-refractivity contribution < 1.29 is 80.2 Å². The van der Waals surface area contributed by atoms with Gasteiger partial charge in [-0.15, -0.1) is 0 Å². The predicted molar refractivity (Wildman–Crippen MR) is 372 cm³/mol. The molecule has 0 fully saturated rings. The molecule has 5 atom stereocenters. The van der Waals surface area contributed by atoms with Gasteiger partial charge in [-0.25, -0.2) is 9.13 Å². The zero-order chi connectivity index (χ0) is 67.7. The molecule has 0 aliphatic rings.